The summed E-state index contributed by atoms with van der Waals surface area (Å²) in [5.41, 5.74) is 0.138. The lowest BCUT2D eigenvalue weighted by molar-refractivity contribution is -0.894. The lowest BCUT2D eigenvalue weighted by atomic mass is 9.85. The fraction of sp³-hybridized carbons (Fsp3) is 1.00. The number of hydroxylamine groups is 3. The number of hydrogen-bond acceptors (Lipinski definition) is 1. The maximum absolute atomic E-state index is 12.5. The highest BCUT2D eigenvalue weighted by molar-refractivity contribution is 4.73. The Bertz CT molecular complexity index is 197. The van der Waals surface area contributed by atoms with Gasteiger partial charge in [0.2, 0.25) is 0 Å². The summed E-state index contributed by atoms with van der Waals surface area (Å²) in [6, 6.07) is 0.348. The molecule has 0 radical (unpaired) electrons. The SMILES string of the molecule is CC1CCC([N@+](C)([O-])CC(C)(C)C)CC1. The van der Waals surface area contributed by atoms with E-state index in [1.54, 1.807) is 0 Å². The molecule has 15 heavy (non-hydrogen) atoms. The average molecular weight is 213 g/mol. The second kappa shape index (κ2) is 4.42. The highest BCUT2D eigenvalue weighted by Crippen LogP contribution is 2.32. The number of quaternary nitrogens is 1. The molecule has 1 rings (SSSR count). The molecule has 1 fully saturated rings. The number of rotatable bonds is 2. The first kappa shape index (κ1) is 13.0. The van der Waals surface area contributed by atoms with Gasteiger partial charge in [-0.2, -0.15) is 0 Å². The summed E-state index contributed by atoms with van der Waals surface area (Å²) in [6.45, 7) is 9.52. The Balaban J connectivity index is 2.54. The summed E-state index contributed by atoms with van der Waals surface area (Å²) in [7, 11) is 1.87. The fourth-order valence-electron chi connectivity index (χ4n) is 2.86. The van der Waals surface area contributed by atoms with Crippen molar-refractivity contribution in [2.75, 3.05) is 13.6 Å². The average Bonchev–Trinajstić information content (AvgIpc) is 2.00. The quantitative estimate of drug-likeness (QED) is 0.508. The summed E-state index contributed by atoms with van der Waals surface area (Å²) in [4.78, 5) is 0. The topological polar surface area (TPSA) is 23.1 Å². The first-order valence-corrected chi connectivity index (χ1v) is 6.27. The van der Waals surface area contributed by atoms with Gasteiger partial charge in [-0.3, -0.25) is 0 Å². The summed E-state index contributed by atoms with van der Waals surface area (Å²) in [5, 5.41) is 12.5. The van der Waals surface area contributed by atoms with Crippen LogP contribution in [0.2, 0.25) is 0 Å². The Morgan fingerprint density at radius 3 is 2.00 bits per heavy atom. The highest BCUT2D eigenvalue weighted by atomic mass is 16.5. The van der Waals surface area contributed by atoms with Crippen LogP contribution in [0.1, 0.15) is 53.4 Å². The molecule has 1 aliphatic rings. The molecule has 90 valence electrons. The molecule has 0 heterocycles. The zero-order valence-corrected chi connectivity index (χ0v) is 11.0. The number of nitrogens with zero attached hydrogens (tertiary/aromatic N) is 1. The molecule has 0 spiro atoms. The Labute approximate surface area is 94.8 Å². The molecule has 0 N–H and O–H groups in total. The molecule has 0 aromatic rings. The van der Waals surface area contributed by atoms with Gasteiger partial charge < -0.3 is 9.85 Å². The molecule has 1 saturated carbocycles. The van der Waals surface area contributed by atoms with E-state index in [-0.39, 0.29) is 10.1 Å². The van der Waals surface area contributed by atoms with Gasteiger partial charge in [0.05, 0.1) is 19.6 Å². The van der Waals surface area contributed by atoms with Gasteiger partial charge in [-0.15, -0.1) is 0 Å². The van der Waals surface area contributed by atoms with E-state index in [1.807, 2.05) is 7.05 Å². The van der Waals surface area contributed by atoms with E-state index >= 15 is 0 Å². The standard InChI is InChI=1S/C13H27NO/c1-11-6-8-12(9-7-11)14(5,15)10-13(2,3)4/h11-12H,6-10H2,1-5H3/t11?,12?,14-/m1/s1. The van der Waals surface area contributed by atoms with Crippen LogP contribution in [0.3, 0.4) is 0 Å². The molecule has 1 aliphatic carbocycles. The third-order valence-electron chi connectivity index (χ3n) is 3.55. The van der Waals surface area contributed by atoms with Gasteiger partial charge >= 0.3 is 0 Å². The largest absolute Gasteiger partial charge is 0.633 e. The molecule has 2 nitrogen and oxygen atoms in total. The molecule has 0 unspecified atom stereocenters. The Morgan fingerprint density at radius 2 is 1.60 bits per heavy atom. The molecule has 0 aliphatic heterocycles. The first-order valence-electron chi connectivity index (χ1n) is 6.27. The smallest absolute Gasteiger partial charge is 0.0885 e. The summed E-state index contributed by atoms with van der Waals surface area (Å²) in [6.07, 6.45) is 4.73. The van der Waals surface area contributed by atoms with Crippen molar-refractivity contribution >= 4 is 0 Å². The van der Waals surface area contributed by atoms with Crippen molar-refractivity contribution in [3.8, 4) is 0 Å². The van der Waals surface area contributed by atoms with Crippen molar-refractivity contribution in [3.63, 3.8) is 0 Å². The van der Waals surface area contributed by atoms with E-state index in [1.165, 1.54) is 12.8 Å². The zero-order valence-electron chi connectivity index (χ0n) is 11.0. The second-order valence-corrected chi connectivity index (χ2v) is 6.81. The van der Waals surface area contributed by atoms with Crippen LogP contribution in [-0.4, -0.2) is 24.3 Å². The maximum Gasteiger partial charge on any atom is 0.0885 e. The lowest BCUT2D eigenvalue weighted by Gasteiger charge is -2.50. The van der Waals surface area contributed by atoms with E-state index in [0.717, 1.165) is 25.3 Å². The molecule has 0 aromatic heterocycles. The van der Waals surface area contributed by atoms with Crippen LogP contribution in [0.25, 0.3) is 0 Å². The van der Waals surface area contributed by atoms with Gasteiger partial charge in [-0.1, -0.05) is 27.7 Å². The molecule has 0 amide bonds. The predicted octanol–water partition coefficient (Wildman–Crippen LogP) is 3.56. The van der Waals surface area contributed by atoms with Crippen LogP contribution >= 0.6 is 0 Å². The van der Waals surface area contributed by atoms with E-state index < -0.39 is 0 Å². The third kappa shape index (κ3) is 4.12. The summed E-state index contributed by atoms with van der Waals surface area (Å²) in [5.74, 6) is 0.830. The molecule has 1 atom stereocenters. The molecule has 0 aromatic carbocycles. The summed E-state index contributed by atoms with van der Waals surface area (Å²) >= 11 is 0. The van der Waals surface area contributed by atoms with Crippen LogP contribution in [0.15, 0.2) is 0 Å². The van der Waals surface area contributed by atoms with Crippen molar-refractivity contribution in [1.82, 2.24) is 0 Å². The molecule has 0 bridgehead atoms. The van der Waals surface area contributed by atoms with Crippen LogP contribution < -0.4 is 0 Å². The van der Waals surface area contributed by atoms with Crippen LogP contribution in [0.4, 0.5) is 0 Å². The Hall–Kier alpha value is -0.0800. The van der Waals surface area contributed by atoms with Crippen molar-refractivity contribution in [3.05, 3.63) is 5.21 Å². The lowest BCUT2D eigenvalue weighted by Crippen LogP contribution is -2.52. The van der Waals surface area contributed by atoms with Crippen molar-refractivity contribution in [2.24, 2.45) is 11.3 Å². The molecule has 0 saturated heterocycles. The summed E-state index contributed by atoms with van der Waals surface area (Å²) < 4.78 is -0.0315. The van der Waals surface area contributed by atoms with Crippen molar-refractivity contribution < 1.29 is 4.65 Å². The fourth-order valence-corrected chi connectivity index (χ4v) is 2.86. The highest BCUT2D eigenvalue weighted by Gasteiger charge is 2.32. The van der Waals surface area contributed by atoms with Gasteiger partial charge in [0.1, 0.15) is 0 Å². The van der Waals surface area contributed by atoms with Gasteiger partial charge in [0, 0.05) is 5.41 Å². The second-order valence-electron chi connectivity index (χ2n) is 6.81. The van der Waals surface area contributed by atoms with Gasteiger partial charge in [0.15, 0.2) is 0 Å². The van der Waals surface area contributed by atoms with Gasteiger partial charge in [0.25, 0.3) is 0 Å². The van der Waals surface area contributed by atoms with Crippen LogP contribution in [0, 0.1) is 16.5 Å². The minimum Gasteiger partial charge on any atom is -0.633 e. The van der Waals surface area contributed by atoms with Crippen molar-refractivity contribution in [1.29, 1.82) is 0 Å². The minimum absolute atomic E-state index is 0.0315. The van der Waals surface area contributed by atoms with Crippen LogP contribution in [0.5, 0.6) is 0 Å². The predicted molar refractivity (Wildman–Crippen MR) is 65.3 cm³/mol. The molecule has 2 heteroatoms. The maximum atomic E-state index is 12.5. The Kier molecular flexibility index (Phi) is 3.83. The Morgan fingerprint density at radius 1 is 1.13 bits per heavy atom. The molecular formula is C13H27NO. The van der Waals surface area contributed by atoms with E-state index in [2.05, 4.69) is 27.7 Å². The van der Waals surface area contributed by atoms with Crippen molar-refractivity contribution in [2.45, 2.75) is 59.4 Å². The van der Waals surface area contributed by atoms with E-state index in [4.69, 9.17) is 0 Å². The molecular weight excluding hydrogens is 186 g/mol. The van der Waals surface area contributed by atoms with Gasteiger partial charge in [-0.05, 0) is 31.6 Å². The van der Waals surface area contributed by atoms with Gasteiger partial charge in [-0.25, -0.2) is 0 Å². The monoisotopic (exact) mass is 213 g/mol. The van der Waals surface area contributed by atoms with Crippen LogP contribution in [-0.2, 0) is 0 Å². The zero-order chi connectivity index (χ0) is 11.7. The first-order chi connectivity index (χ1) is 6.71. The normalized spacial score (nSPS) is 32.4. The van der Waals surface area contributed by atoms with E-state index in [9.17, 15) is 5.21 Å². The third-order valence-corrected chi connectivity index (χ3v) is 3.55. The number of hydrogen-bond donors (Lipinski definition) is 0. The van der Waals surface area contributed by atoms with E-state index in [0.29, 0.717) is 6.04 Å². The minimum atomic E-state index is -0.0315.